The molecule has 0 radical (unpaired) electrons. The number of hydrogen-bond donors (Lipinski definition) is 1. The van der Waals surface area contributed by atoms with E-state index in [1.807, 2.05) is 18.2 Å². The van der Waals surface area contributed by atoms with E-state index in [2.05, 4.69) is 6.07 Å². The van der Waals surface area contributed by atoms with Gasteiger partial charge in [-0.2, -0.15) is 0 Å². The Morgan fingerprint density at radius 2 is 2.27 bits per heavy atom. The Labute approximate surface area is 94.6 Å². The number of rotatable bonds is 3. The minimum absolute atomic E-state index is 0.138. The fourth-order valence-electron chi connectivity index (χ4n) is 1.89. The number of benzene rings is 1. The molecule has 0 amide bonds. The maximum absolute atomic E-state index is 9.72. The van der Waals surface area contributed by atoms with Crippen LogP contribution in [-0.2, 0) is 0 Å². The molecular formula is C12H16O2S. The molecule has 1 aliphatic rings. The Balaban J connectivity index is 2.03. The molecule has 0 aliphatic heterocycles. The summed E-state index contributed by atoms with van der Waals surface area (Å²) in [5, 5.41) is 10.1. The molecule has 15 heavy (non-hydrogen) atoms. The third-order valence-electron chi connectivity index (χ3n) is 2.75. The molecule has 0 unspecified atom stereocenters. The van der Waals surface area contributed by atoms with Gasteiger partial charge in [-0.3, -0.25) is 0 Å². The lowest BCUT2D eigenvalue weighted by Gasteiger charge is -2.14. The van der Waals surface area contributed by atoms with Crippen LogP contribution in [0.4, 0.5) is 0 Å². The van der Waals surface area contributed by atoms with Gasteiger partial charge in [-0.25, -0.2) is 0 Å². The van der Waals surface area contributed by atoms with Crippen LogP contribution >= 0.6 is 11.8 Å². The van der Waals surface area contributed by atoms with E-state index in [0.29, 0.717) is 5.25 Å². The second kappa shape index (κ2) is 4.90. The van der Waals surface area contributed by atoms with Gasteiger partial charge in [-0.1, -0.05) is 6.07 Å². The van der Waals surface area contributed by atoms with E-state index >= 15 is 0 Å². The third kappa shape index (κ3) is 2.67. The van der Waals surface area contributed by atoms with Gasteiger partial charge in [0.05, 0.1) is 13.2 Å². The van der Waals surface area contributed by atoms with E-state index in [1.54, 1.807) is 18.9 Å². The van der Waals surface area contributed by atoms with Crippen molar-refractivity contribution in [1.29, 1.82) is 0 Å². The molecule has 82 valence electrons. The zero-order valence-electron chi connectivity index (χ0n) is 8.85. The summed E-state index contributed by atoms with van der Waals surface area (Å²) < 4.78 is 5.17. The molecule has 2 nitrogen and oxygen atoms in total. The average molecular weight is 224 g/mol. The van der Waals surface area contributed by atoms with Gasteiger partial charge in [0.1, 0.15) is 5.75 Å². The second-order valence-electron chi connectivity index (χ2n) is 3.83. The quantitative estimate of drug-likeness (QED) is 0.856. The minimum atomic E-state index is -0.138. The van der Waals surface area contributed by atoms with Crippen molar-refractivity contribution in [2.75, 3.05) is 7.11 Å². The maximum atomic E-state index is 9.72. The van der Waals surface area contributed by atoms with Crippen LogP contribution in [0.3, 0.4) is 0 Å². The topological polar surface area (TPSA) is 29.5 Å². The second-order valence-corrected chi connectivity index (χ2v) is 5.15. The van der Waals surface area contributed by atoms with Crippen molar-refractivity contribution in [2.24, 2.45) is 0 Å². The van der Waals surface area contributed by atoms with Crippen molar-refractivity contribution in [3.63, 3.8) is 0 Å². The number of ether oxygens (including phenoxy) is 1. The van der Waals surface area contributed by atoms with Gasteiger partial charge in [-0.15, -0.1) is 11.8 Å². The van der Waals surface area contributed by atoms with E-state index < -0.39 is 0 Å². The summed E-state index contributed by atoms with van der Waals surface area (Å²) in [5.74, 6) is 0.882. The first kappa shape index (κ1) is 10.8. The molecule has 1 fully saturated rings. The van der Waals surface area contributed by atoms with Gasteiger partial charge in [0.15, 0.2) is 0 Å². The molecular weight excluding hydrogens is 208 g/mol. The molecule has 3 heteroatoms. The van der Waals surface area contributed by atoms with E-state index in [-0.39, 0.29) is 6.10 Å². The van der Waals surface area contributed by atoms with Gasteiger partial charge < -0.3 is 9.84 Å². The zero-order chi connectivity index (χ0) is 10.7. The van der Waals surface area contributed by atoms with E-state index in [1.165, 1.54) is 4.90 Å². The van der Waals surface area contributed by atoms with Gasteiger partial charge >= 0.3 is 0 Å². The van der Waals surface area contributed by atoms with Crippen LogP contribution in [0.1, 0.15) is 19.3 Å². The average Bonchev–Trinajstić information content (AvgIpc) is 2.65. The number of hydrogen-bond acceptors (Lipinski definition) is 3. The summed E-state index contributed by atoms with van der Waals surface area (Å²) in [4.78, 5) is 1.18. The Morgan fingerprint density at radius 1 is 1.40 bits per heavy atom. The molecule has 1 aromatic rings. The summed E-state index contributed by atoms with van der Waals surface area (Å²) in [7, 11) is 1.67. The number of thioether (sulfide) groups is 1. The van der Waals surface area contributed by atoms with Crippen LogP contribution in [-0.4, -0.2) is 23.6 Å². The summed E-state index contributed by atoms with van der Waals surface area (Å²) in [6.45, 7) is 0. The lowest BCUT2D eigenvalue weighted by molar-refractivity contribution is 0.188. The molecule has 1 saturated carbocycles. The lowest BCUT2D eigenvalue weighted by Crippen LogP contribution is -2.14. The highest BCUT2D eigenvalue weighted by Crippen LogP contribution is 2.35. The molecule has 2 atom stereocenters. The molecule has 0 aromatic heterocycles. The molecule has 0 spiro atoms. The monoisotopic (exact) mass is 224 g/mol. The van der Waals surface area contributed by atoms with Gasteiger partial charge in [0.25, 0.3) is 0 Å². The summed E-state index contributed by atoms with van der Waals surface area (Å²) in [5.41, 5.74) is 0. The maximum Gasteiger partial charge on any atom is 0.119 e. The highest BCUT2D eigenvalue weighted by Gasteiger charge is 2.25. The summed E-state index contributed by atoms with van der Waals surface area (Å²) in [6.07, 6.45) is 3.06. The first-order chi connectivity index (χ1) is 7.29. The van der Waals surface area contributed by atoms with E-state index in [4.69, 9.17) is 4.74 Å². The highest BCUT2D eigenvalue weighted by molar-refractivity contribution is 8.00. The first-order valence-electron chi connectivity index (χ1n) is 5.28. The van der Waals surface area contributed by atoms with Crippen molar-refractivity contribution in [3.8, 4) is 5.75 Å². The van der Waals surface area contributed by atoms with Crippen molar-refractivity contribution in [1.82, 2.24) is 0 Å². The van der Waals surface area contributed by atoms with E-state index in [9.17, 15) is 5.11 Å². The Kier molecular flexibility index (Phi) is 3.54. The molecule has 2 rings (SSSR count). The smallest absolute Gasteiger partial charge is 0.119 e. The van der Waals surface area contributed by atoms with Crippen molar-refractivity contribution in [2.45, 2.75) is 35.5 Å². The standard InChI is InChI=1S/C12H16O2S/c1-14-9-4-2-5-10(8-9)15-12-7-3-6-11(12)13/h2,4-5,8,11-13H,3,6-7H2,1H3/t11-,12-/m0/s1. The van der Waals surface area contributed by atoms with Crippen molar-refractivity contribution >= 4 is 11.8 Å². The van der Waals surface area contributed by atoms with Gasteiger partial charge in [0.2, 0.25) is 0 Å². The van der Waals surface area contributed by atoms with Crippen LogP contribution in [0.15, 0.2) is 29.2 Å². The Bertz CT molecular complexity index is 327. The summed E-state index contributed by atoms with van der Waals surface area (Å²) >= 11 is 1.76. The summed E-state index contributed by atoms with van der Waals surface area (Å²) in [6, 6.07) is 8.02. The predicted molar refractivity (Wildman–Crippen MR) is 62.5 cm³/mol. The number of aliphatic hydroxyl groups excluding tert-OH is 1. The largest absolute Gasteiger partial charge is 0.497 e. The predicted octanol–water partition coefficient (Wildman–Crippen LogP) is 2.70. The van der Waals surface area contributed by atoms with Crippen LogP contribution in [0.2, 0.25) is 0 Å². The van der Waals surface area contributed by atoms with Crippen molar-refractivity contribution < 1.29 is 9.84 Å². The van der Waals surface area contributed by atoms with Gasteiger partial charge in [-0.05, 0) is 37.5 Å². The molecule has 0 heterocycles. The van der Waals surface area contributed by atoms with E-state index in [0.717, 1.165) is 25.0 Å². The fraction of sp³-hybridized carbons (Fsp3) is 0.500. The van der Waals surface area contributed by atoms with Crippen LogP contribution in [0, 0.1) is 0 Å². The Morgan fingerprint density at radius 3 is 2.93 bits per heavy atom. The van der Waals surface area contributed by atoms with Crippen LogP contribution in [0.5, 0.6) is 5.75 Å². The number of aliphatic hydroxyl groups is 1. The normalized spacial score (nSPS) is 25.5. The van der Waals surface area contributed by atoms with Crippen LogP contribution < -0.4 is 4.74 Å². The Hall–Kier alpha value is -0.670. The third-order valence-corrected chi connectivity index (χ3v) is 4.13. The van der Waals surface area contributed by atoms with Crippen molar-refractivity contribution in [3.05, 3.63) is 24.3 Å². The SMILES string of the molecule is COc1cccc(S[C@H]2CCC[C@@H]2O)c1. The molecule has 1 N–H and O–H groups in total. The fourth-order valence-corrected chi connectivity index (χ4v) is 3.16. The van der Waals surface area contributed by atoms with Gasteiger partial charge in [0, 0.05) is 10.1 Å². The van der Waals surface area contributed by atoms with Crippen LogP contribution in [0.25, 0.3) is 0 Å². The lowest BCUT2D eigenvalue weighted by atomic mass is 10.3. The molecule has 0 bridgehead atoms. The zero-order valence-corrected chi connectivity index (χ0v) is 9.67. The number of methoxy groups -OCH3 is 1. The molecule has 0 saturated heterocycles. The molecule has 1 aromatic carbocycles. The molecule has 1 aliphatic carbocycles. The highest BCUT2D eigenvalue weighted by atomic mass is 32.2. The first-order valence-corrected chi connectivity index (χ1v) is 6.16. The minimum Gasteiger partial charge on any atom is -0.497 e.